The quantitative estimate of drug-likeness (QED) is 0.869. The third kappa shape index (κ3) is 2.57. The van der Waals surface area contributed by atoms with Crippen LogP contribution in [-0.4, -0.2) is 18.0 Å². The highest BCUT2D eigenvalue weighted by Crippen LogP contribution is 2.30. The van der Waals surface area contributed by atoms with Gasteiger partial charge in [0.25, 0.3) is 0 Å². The zero-order chi connectivity index (χ0) is 12.5. The molecular weight excluding hydrogens is 259 g/mol. The van der Waals surface area contributed by atoms with Gasteiger partial charge in [-0.1, -0.05) is 29.3 Å². The number of rotatable bonds is 2. The molecule has 1 atom stereocenters. The van der Waals surface area contributed by atoms with Crippen LogP contribution in [0.25, 0.3) is 0 Å². The molecule has 1 aromatic carbocycles. The summed E-state index contributed by atoms with van der Waals surface area (Å²) in [6.07, 6.45) is 1.84. The van der Waals surface area contributed by atoms with Crippen molar-refractivity contribution in [3.05, 3.63) is 28.2 Å². The predicted molar refractivity (Wildman–Crippen MR) is 70.7 cm³/mol. The molecular formula is C12H14Cl2N2O. The van der Waals surface area contributed by atoms with Gasteiger partial charge < -0.3 is 10.6 Å². The Hall–Kier alpha value is -0.770. The molecule has 2 N–H and O–H groups in total. The predicted octanol–water partition coefficient (Wildman–Crippen LogP) is 3.07. The van der Waals surface area contributed by atoms with E-state index in [2.05, 4.69) is 10.6 Å². The lowest BCUT2D eigenvalue weighted by Crippen LogP contribution is -2.48. The zero-order valence-electron chi connectivity index (χ0n) is 9.52. The van der Waals surface area contributed by atoms with Crippen molar-refractivity contribution in [2.24, 2.45) is 0 Å². The molecule has 92 valence electrons. The van der Waals surface area contributed by atoms with Gasteiger partial charge in [0.05, 0.1) is 21.3 Å². The molecule has 0 radical (unpaired) electrons. The Morgan fingerprint density at radius 1 is 1.47 bits per heavy atom. The first-order valence-corrected chi connectivity index (χ1v) is 6.29. The smallest absolute Gasteiger partial charge is 0.244 e. The van der Waals surface area contributed by atoms with Gasteiger partial charge in [0, 0.05) is 0 Å². The first-order chi connectivity index (χ1) is 8.03. The van der Waals surface area contributed by atoms with E-state index in [-0.39, 0.29) is 5.91 Å². The van der Waals surface area contributed by atoms with Crippen LogP contribution in [0.4, 0.5) is 5.69 Å². The molecule has 1 amide bonds. The van der Waals surface area contributed by atoms with Crippen molar-refractivity contribution < 1.29 is 4.79 Å². The lowest BCUT2D eigenvalue weighted by Gasteiger charge is -2.23. The van der Waals surface area contributed by atoms with Crippen LogP contribution in [0.5, 0.6) is 0 Å². The van der Waals surface area contributed by atoms with Crippen molar-refractivity contribution in [2.45, 2.75) is 25.3 Å². The minimum Gasteiger partial charge on any atom is -0.323 e. The third-order valence-electron chi connectivity index (χ3n) is 3.07. The number of amides is 1. The maximum atomic E-state index is 12.1. The molecule has 5 heteroatoms. The van der Waals surface area contributed by atoms with Crippen LogP contribution in [0.1, 0.15) is 19.8 Å². The topological polar surface area (TPSA) is 41.1 Å². The summed E-state index contributed by atoms with van der Waals surface area (Å²) in [6, 6.07) is 5.19. The summed E-state index contributed by atoms with van der Waals surface area (Å²) in [5.74, 6) is -0.0702. The Labute approximate surface area is 110 Å². The molecule has 1 aromatic rings. The van der Waals surface area contributed by atoms with Gasteiger partial charge in [-0.3, -0.25) is 4.79 Å². The molecule has 1 aliphatic rings. The van der Waals surface area contributed by atoms with E-state index in [1.165, 1.54) is 0 Å². The minimum absolute atomic E-state index is 0.0702. The lowest BCUT2D eigenvalue weighted by atomic mass is 9.99. The molecule has 1 fully saturated rings. The third-order valence-corrected chi connectivity index (χ3v) is 3.89. The average molecular weight is 273 g/mol. The second-order valence-electron chi connectivity index (χ2n) is 4.42. The van der Waals surface area contributed by atoms with Gasteiger partial charge in [-0.2, -0.15) is 0 Å². The highest BCUT2D eigenvalue weighted by Gasteiger charge is 2.36. The van der Waals surface area contributed by atoms with Crippen molar-refractivity contribution in [2.75, 3.05) is 11.9 Å². The number of carbonyl (C=O) groups excluding carboxylic acids is 1. The Bertz CT molecular complexity index is 442. The molecule has 2 rings (SSSR count). The van der Waals surface area contributed by atoms with Crippen LogP contribution in [-0.2, 0) is 4.79 Å². The van der Waals surface area contributed by atoms with Crippen molar-refractivity contribution in [1.82, 2.24) is 5.32 Å². The van der Waals surface area contributed by atoms with Gasteiger partial charge in [-0.15, -0.1) is 0 Å². The van der Waals surface area contributed by atoms with Crippen LogP contribution in [0, 0.1) is 0 Å². The molecule has 0 saturated carbocycles. The number of anilines is 1. The van der Waals surface area contributed by atoms with Crippen LogP contribution in [0.3, 0.4) is 0 Å². The number of hydrogen-bond donors (Lipinski definition) is 2. The van der Waals surface area contributed by atoms with Crippen molar-refractivity contribution in [1.29, 1.82) is 0 Å². The monoisotopic (exact) mass is 272 g/mol. The first-order valence-electron chi connectivity index (χ1n) is 5.53. The number of benzene rings is 1. The van der Waals surface area contributed by atoms with E-state index >= 15 is 0 Å². The van der Waals surface area contributed by atoms with Gasteiger partial charge in [0.1, 0.15) is 0 Å². The van der Waals surface area contributed by atoms with E-state index in [9.17, 15) is 4.79 Å². The molecule has 1 unspecified atom stereocenters. The van der Waals surface area contributed by atoms with Crippen LogP contribution in [0.15, 0.2) is 18.2 Å². The van der Waals surface area contributed by atoms with Crippen molar-refractivity contribution in [3.63, 3.8) is 0 Å². The zero-order valence-corrected chi connectivity index (χ0v) is 11.0. The number of carbonyl (C=O) groups is 1. The fraction of sp³-hybridized carbons (Fsp3) is 0.417. The van der Waals surface area contributed by atoms with Gasteiger partial charge in [0.15, 0.2) is 0 Å². The molecule has 1 saturated heterocycles. The summed E-state index contributed by atoms with van der Waals surface area (Å²) in [6.45, 7) is 2.76. The summed E-state index contributed by atoms with van der Waals surface area (Å²) in [7, 11) is 0. The molecule has 1 heterocycles. The number of hydrogen-bond acceptors (Lipinski definition) is 2. The van der Waals surface area contributed by atoms with Gasteiger partial charge >= 0.3 is 0 Å². The van der Waals surface area contributed by atoms with Gasteiger partial charge in [-0.25, -0.2) is 0 Å². The highest BCUT2D eigenvalue weighted by molar-refractivity contribution is 6.44. The molecule has 1 aliphatic heterocycles. The van der Waals surface area contributed by atoms with Crippen LogP contribution < -0.4 is 10.6 Å². The average Bonchev–Trinajstić information content (AvgIpc) is 2.73. The maximum absolute atomic E-state index is 12.1. The van der Waals surface area contributed by atoms with E-state index in [0.29, 0.717) is 15.7 Å². The fourth-order valence-electron chi connectivity index (χ4n) is 1.95. The Balaban J connectivity index is 2.16. The summed E-state index contributed by atoms with van der Waals surface area (Å²) in [4.78, 5) is 12.1. The van der Waals surface area contributed by atoms with E-state index in [0.717, 1.165) is 19.4 Å². The SMILES string of the molecule is CC1(C(=O)Nc2cccc(Cl)c2Cl)CCCN1. The van der Waals surface area contributed by atoms with Crippen LogP contribution >= 0.6 is 23.2 Å². The Morgan fingerprint density at radius 2 is 2.24 bits per heavy atom. The second kappa shape index (κ2) is 4.84. The Kier molecular flexibility index (Phi) is 3.61. The Morgan fingerprint density at radius 3 is 2.88 bits per heavy atom. The molecule has 0 aromatic heterocycles. The number of halogens is 2. The van der Waals surface area contributed by atoms with Gasteiger partial charge in [0.2, 0.25) is 5.91 Å². The summed E-state index contributed by atoms with van der Waals surface area (Å²) in [5, 5.41) is 6.83. The summed E-state index contributed by atoms with van der Waals surface area (Å²) >= 11 is 11.9. The summed E-state index contributed by atoms with van der Waals surface area (Å²) < 4.78 is 0. The van der Waals surface area contributed by atoms with E-state index in [1.54, 1.807) is 18.2 Å². The van der Waals surface area contributed by atoms with Crippen molar-refractivity contribution >= 4 is 34.8 Å². The standard InChI is InChI=1S/C12H14Cl2N2O/c1-12(6-3-7-15-12)11(17)16-9-5-2-4-8(13)10(9)14/h2,4-5,15H,3,6-7H2,1H3,(H,16,17). The molecule has 0 spiro atoms. The van der Waals surface area contributed by atoms with Gasteiger partial charge in [-0.05, 0) is 38.4 Å². The van der Waals surface area contributed by atoms with Crippen molar-refractivity contribution in [3.8, 4) is 0 Å². The second-order valence-corrected chi connectivity index (χ2v) is 5.20. The largest absolute Gasteiger partial charge is 0.323 e. The molecule has 3 nitrogen and oxygen atoms in total. The summed E-state index contributed by atoms with van der Waals surface area (Å²) in [5.41, 5.74) is 0.0464. The normalized spacial score (nSPS) is 23.7. The highest BCUT2D eigenvalue weighted by atomic mass is 35.5. The minimum atomic E-state index is -0.508. The van der Waals surface area contributed by atoms with E-state index in [4.69, 9.17) is 23.2 Å². The molecule has 0 bridgehead atoms. The van der Waals surface area contributed by atoms with Crippen LogP contribution in [0.2, 0.25) is 10.0 Å². The molecule has 17 heavy (non-hydrogen) atoms. The van der Waals surface area contributed by atoms with E-state index < -0.39 is 5.54 Å². The maximum Gasteiger partial charge on any atom is 0.244 e. The molecule has 0 aliphatic carbocycles. The first kappa shape index (κ1) is 12.7. The lowest BCUT2D eigenvalue weighted by molar-refractivity contribution is -0.121. The fourth-order valence-corrected chi connectivity index (χ4v) is 2.30. The number of nitrogens with one attached hydrogen (secondary N) is 2. The van der Waals surface area contributed by atoms with E-state index in [1.807, 2.05) is 6.92 Å².